The summed E-state index contributed by atoms with van der Waals surface area (Å²) in [4.78, 5) is 9.58. The highest BCUT2D eigenvalue weighted by Gasteiger charge is 2.12. The monoisotopic (exact) mass is 355 g/mol. The lowest BCUT2D eigenvalue weighted by atomic mass is 10.1. The molecule has 0 amide bonds. The average molecular weight is 355 g/mol. The van der Waals surface area contributed by atoms with E-state index in [1.807, 2.05) is 78.9 Å². The Morgan fingerprint density at radius 2 is 1.48 bits per heavy atom. The normalized spacial score (nSPS) is 11.1. The number of para-hydroxylation sites is 3. The Kier molecular flexibility index (Phi) is 4.74. The van der Waals surface area contributed by atoms with Gasteiger partial charge in [-0.3, -0.25) is 0 Å². The molecule has 0 bridgehead atoms. The van der Waals surface area contributed by atoms with Crippen LogP contribution in [-0.2, 0) is 6.61 Å². The van der Waals surface area contributed by atoms with Crippen LogP contribution < -0.4 is 4.74 Å². The molecule has 3 aromatic carbocycles. The Morgan fingerprint density at radius 3 is 2.26 bits per heavy atom. The Labute approximate surface area is 156 Å². The van der Waals surface area contributed by atoms with Gasteiger partial charge in [0.25, 0.3) is 0 Å². The van der Waals surface area contributed by atoms with Crippen LogP contribution in [0.4, 0.5) is 0 Å². The predicted octanol–water partition coefficient (Wildman–Crippen LogP) is 4.68. The third-order valence-corrected chi connectivity index (χ3v) is 4.17. The van der Waals surface area contributed by atoms with E-state index in [-0.39, 0.29) is 6.61 Å². The first-order chi connectivity index (χ1) is 13.3. The smallest absolute Gasteiger partial charge is 0.132 e. The molecule has 0 radical (unpaired) electrons. The third kappa shape index (κ3) is 3.62. The molecule has 0 aliphatic carbocycles. The summed E-state index contributed by atoms with van der Waals surface area (Å²) in [6, 6.07) is 25.1. The standard InChI is InChI=1S/C22H17N3O2/c26-23-14-17-10-4-7-13-21(17)27-15-20-22(16-8-2-1-3-9-16)25-19-12-6-5-11-18(19)24-20/h1-14,26H,15H2/b23-14+. The summed E-state index contributed by atoms with van der Waals surface area (Å²) in [6.45, 7) is 0.248. The second-order valence-corrected chi connectivity index (χ2v) is 5.94. The first-order valence-corrected chi connectivity index (χ1v) is 8.55. The molecular formula is C22H17N3O2. The van der Waals surface area contributed by atoms with Crippen molar-refractivity contribution < 1.29 is 9.94 Å². The molecule has 0 spiro atoms. The zero-order valence-electron chi connectivity index (χ0n) is 14.5. The van der Waals surface area contributed by atoms with Gasteiger partial charge in [0.05, 0.1) is 22.9 Å². The van der Waals surface area contributed by atoms with E-state index in [0.29, 0.717) is 11.3 Å². The molecule has 0 saturated carbocycles. The Hall–Kier alpha value is -3.73. The van der Waals surface area contributed by atoms with E-state index in [2.05, 4.69) is 5.16 Å². The predicted molar refractivity (Wildman–Crippen MR) is 105 cm³/mol. The van der Waals surface area contributed by atoms with Gasteiger partial charge < -0.3 is 9.94 Å². The maximum Gasteiger partial charge on any atom is 0.132 e. The van der Waals surface area contributed by atoms with Gasteiger partial charge in [0.15, 0.2) is 0 Å². The van der Waals surface area contributed by atoms with Crippen LogP contribution in [0.3, 0.4) is 0 Å². The highest BCUT2D eigenvalue weighted by Crippen LogP contribution is 2.25. The maximum absolute atomic E-state index is 8.83. The van der Waals surface area contributed by atoms with Crippen molar-refractivity contribution in [2.45, 2.75) is 6.61 Å². The van der Waals surface area contributed by atoms with E-state index >= 15 is 0 Å². The highest BCUT2D eigenvalue weighted by atomic mass is 16.5. The second kappa shape index (κ2) is 7.66. The minimum absolute atomic E-state index is 0.248. The molecule has 1 aromatic heterocycles. The van der Waals surface area contributed by atoms with Gasteiger partial charge in [0.2, 0.25) is 0 Å². The first-order valence-electron chi connectivity index (χ1n) is 8.55. The molecule has 1 N–H and O–H groups in total. The van der Waals surface area contributed by atoms with Gasteiger partial charge in [0.1, 0.15) is 18.1 Å². The maximum atomic E-state index is 8.83. The third-order valence-electron chi connectivity index (χ3n) is 4.17. The molecule has 0 saturated heterocycles. The van der Waals surface area contributed by atoms with Crippen molar-refractivity contribution in [3.63, 3.8) is 0 Å². The zero-order chi connectivity index (χ0) is 18.5. The molecule has 1 heterocycles. The number of ether oxygens (including phenoxy) is 1. The topological polar surface area (TPSA) is 67.6 Å². The van der Waals surface area contributed by atoms with Crippen molar-refractivity contribution in [3.05, 3.63) is 90.1 Å². The number of oxime groups is 1. The van der Waals surface area contributed by atoms with Crippen molar-refractivity contribution in [2.75, 3.05) is 0 Å². The summed E-state index contributed by atoms with van der Waals surface area (Å²) in [6.07, 6.45) is 1.35. The van der Waals surface area contributed by atoms with E-state index in [4.69, 9.17) is 19.9 Å². The van der Waals surface area contributed by atoms with Gasteiger partial charge in [-0.1, -0.05) is 59.8 Å². The average Bonchev–Trinajstić information content (AvgIpc) is 2.73. The fourth-order valence-corrected chi connectivity index (χ4v) is 2.89. The van der Waals surface area contributed by atoms with E-state index in [9.17, 15) is 0 Å². The largest absolute Gasteiger partial charge is 0.487 e. The van der Waals surface area contributed by atoms with Crippen LogP contribution in [0.15, 0.2) is 84.0 Å². The first kappa shape index (κ1) is 16.7. The molecule has 0 aliphatic rings. The van der Waals surface area contributed by atoms with Gasteiger partial charge >= 0.3 is 0 Å². The number of benzene rings is 3. The number of rotatable bonds is 5. The van der Waals surface area contributed by atoms with E-state index in [1.165, 1.54) is 6.21 Å². The Bertz CT molecular complexity index is 1090. The van der Waals surface area contributed by atoms with E-state index in [1.54, 1.807) is 0 Å². The van der Waals surface area contributed by atoms with Crippen LogP contribution in [-0.4, -0.2) is 21.4 Å². The zero-order valence-corrected chi connectivity index (χ0v) is 14.5. The van der Waals surface area contributed by atoms with E-state index < -0.39 is 0 Å². The second-order valence-electron chi connectivity index (χ2n) is 5.94. The van der Waals surface area contributed by atoms with Crippen molar-refractivity contribution in [2.24, 2.45) is 5.16 Å². The SMILES string of the molecule is O/N=C/c1ccccc1OCc1nc2ccccc2nc1-c1ccccc1. The van der Waals surface area contributed by atoms with Crippen molar-refractivity contribution in [3.8, 4) is 17.0 Å². The van der Waals surface area contributed by atoms with Gasteiger partial charge in [-0.15, -0.1) is 0 Å². The molecule has 0 aliphatic heterocycles. The lowest BCUT2D eigenvalue weighted by Gasteiger charge is -2.12. The number of aromatic nitrogens is 2. The fraction of sp³-hybridized carbons (Fsp3) is 0.0455. The summed E-state index contributed by atoms with van der Waals surface area (Å²) in [5.41, 5.74) is 4.88. The summed E-state index contributed by atoms with van der Waals surface area (Å²) in [7, 11) is 0. The molecule has 0 atom stereocenters. The number of nitrogens with zero attached hydrogens (tertiary/aromatic N) is 3. The highest BCUT2D eigenvalue weighted by molar-refractivity contribution is 5.83. The van der Waals surface area contributed by atoms with Crippen molar-refractivity contribution in [1.82, 2.24) is 9.97 Å². The van der Waals surface area contributed by atoms with Crippen LogP contribution in [0.5, 0.6) is 5.75 Å². The van der Waals surface area contributed by atoms with Crippen LogP contribution in [0, 0.1) is 0 Å². The quantitative estimate of drug-likeness (QED) is 0.320. The summed E-state index contributed by atoms with van der Waals surface area (Å²) < 4.78 is 5.98. The Morgan fingerprint density at radius 1 is 0.815 bits per heavy atom. The lowest BCUT2D eigenvalue weighted by molar-refractivity contribution is 0.300. The van der Waals surface area contributed by atoms with Gasteiger partial charge in [-0.2, -0.15) is 0 Å². The molecule has 132 valence electrons. The molecular weight excluding hydrogens is 338 g/mol. The summed E-state index contributed by atoms with van der Waals surface area (Å²) in [5.74, 6) is 0.615. The minimum Gasteiger partial charge on any atom is -0.487 e. The molecule has 4 rings (SSSR count). The van der Waals surface area contributed by atoms with Crippen LogP contribution in [0.25, 0.3) is 22.3 Å². The molecule has 5 heteroatoms. The Balaban J connectivity index is 1.74. The fourth-order valence-electron chi connectivity index (χ4n) is 2.89. The molecule has 4 aromatic rings. The number of hydrogen-bond acceptors (Lipinski definition) is 5. The molecule has 0 unspecified atom stereocenters. The molecule has 27 heavy (non-hydrogen) atoms. The lowest BCUT2D eigenvalue weighted by Crippen LogP contribution is -2.05. The van der Waals surface area contributed by atoms with Gasteiger partial charge in [-0.25, -0.2) is 9.97 Å². The molecule has 0 fully saturated rings. The summed E-state index contributed by atoms with van der Waals surface area (Å²) in [5, 5.41) is 11.9. The van der Waals surface area contributed by atoms with Crippen LogP contribution in [0.1, 0.15) is 11.3 Å². The minimum atomic E-state index is 0.248. The van der Waals surface area contributed by atoms with Crippen molar-refractivity contribution >= 4 is 17.2 Å². The number of hydrogen-bond donors (Lipinski definition) is 1. The van der Waals surface area contributed by atoms with E-state index in [0.717, 1.165) is 28.0 Å². The van der Waals surface area contributed by atoms with Gasteiger partial charge in [0, 0.05) is 11.1 Å². The van der Waals surface area contributed by atoms with Crippen molar-refractivity contribution in [1.29, 1.82) is 0 Å². The number of fused-ring (bicyclic) bond motifs is 1. The van der Waals surface area contributed by atoms with Crippen LogP contribution in [0.2, 0.25) is 0 Å². The van der Waals surface area contributed by atoms with Crippen LogP contribution >= 0.6 is 0 Å². The summed E-state index contributed by atoms with van der Waals surface area (Å²) >= 11 is 0. The van der Waals surface area contributed by atoms with Gasteiger partial charge in [-0.05, 0) is 24.3 Å². The molecule has 5 nitrogen and oxygen atoms in total.